The maximum atomic E-state index is 12.8. The molecule has 24 heavy (non-hydrogen) atoms. The van der Waals surface area contributed by atoms with E-state index in [-0.39, 0.29) is 11.7 Å². The monoisotopic (exact) mass is 317 g/mol. The lowest BCUT2D eigenvalue weighted by atomic mass is 9.95. The molecule has 0 atom stereocenters. The molecule has 0 heterocycles. The van der Waals surface area contributed by atoms with Crippen molar-refractivity contribution >= 4 is 22.5 Å². The number of fused-ring (bicyclic) bond motifs is 1. The molecule has 1 amide bonds. The molecule has 0 radical (unpaired) electrons. The highest BCUT2D eigenvalue weighted by atomic mass is 16.1. The number of hydrogen-bond acceptors (Lipinski definition) is 2. The summed E-state index contributed by atoms with van der Waals surface area (Å²) in [7, 11) is 0. The molecule has 3 rings (SSSR count). The third kappa shape index (κ3) is 3.51. The molecular formula is C21H19NO2. The third-order valence-corrected chi connectivity index (χ3v) is 4.01. The van der Waals surface area contributed by atoms with Crippen molar-refractivity contribution in [2.24, 2.45) is 0 Å². The van der Waals surface area contributed by atoms with Crippen LogP contribution in [-0.4, -0.2) is 18.2 Å². The van der Waals surface area contributed by atoms with Gasteiger partial charge >= 0.3 is 0 Å². The van der Waals surface area contributed by atoms with Gasteiger partial charge in [0.25, 0.3) is 0 Å². The molecule has 0 saturated carbocycles. The summed E-state index contributed by atoms with van der Waals surface area (Å²) in [5.41, 5.74) is 2.43. The molecule has 0 unspecified atom stereocenters. The summed E-state index contributed by atoms with van der Waals surface area (Å²) < 4.78 is 0. The van der Waals surface area contributed by atoms with Crippen molar-refractivity contribution in [3.05, 3.63) is 83.4 Å². The zero-order valence-corrected chi connectivity index (χ0v) is 13.6. The molecule has 0 saturated heterocycles. The Bertz CT molecular complexity index is 885. The first-order valence-electron chi connectivity index (χ1n) is 8.01. The van der Waals surface area contributed by atoms with Crippen LogP contribution in [0.1, 0.15) is 28.4 Å². The van der Waals surface area contributed by atoms with E-state index in [1.807, 2.05) is 60.7 Å². The predicted molar refractivity (Wildman–Crippen MR) is 96.2 cm³/mol. The number of benzene rings is 3. The highest BCUT2D eigenvalue weighted by molar-refractivity contribution is 6.11. The second-order valence-electron chi connectivity index (χ2n) is 5.78. The van der Waals surface area contributed by atoms with E-state index in [2.05, 4.69) is 11.4 Å². The number of amides is 1. The van der Waals surface area contributed by atoms with Gasteiger partial charge in [0.15, 0.2) is 5.78 Å². The van der Waals surface area contributed by atoms with Gasteiger partial charge in [0, 0.05) is 24.6 Å². The van der Waals surface area contributed by atoms with Crippen LogP contribution in [0.2, 0.25) is 0 Å². The zero-order chi connectivity index (χ0) is 16.9. The van der Waals surface area contributed by atoms with E-state index in [1.165, 1.54) is 6.92 Å². The minimum atomic E-state index is -0.0455. The van der Waals surface area contributed by atoms with E-state index < -0.39 is 0 Å². The van der Waals surface area contributed by atoms with Gasteiger partial charge in [0.1, 0.15) is 0 Å². The quantitative estimate of drug-likeness (QED) is 0.729. The molecule has 0 spiro atoms. The smallest absolute Gasteiger partial charge is 0.216 e. The Morgan fingerprint density at radius 1 is 0.875 bits per heavy atom. The number of nitrogens with one attached hydrogen (secondary N) is 1. The van der Waals surface area contributed by atoms with E-state index in [0.29, 0.717) is 24.1 Å². The molecule has 120 valence electrons. The van der Waals surface area contributed by atoms with Gasteiger partial charge in [0.05, 0.1) is 0 Å². The molecule has 3 aromatic rings. The molecule has 1 N–H and O–H groups in total. The van der Waals surface area contributed by atoms with Gasteiger partial charge in [-0.2, -0.15) is 0 Å². The Kier molecular flexibility index (Phi) is 4.71. The van der Waals surface area contributed by atoms with Crippen molar-refractivity contribution in [3.63, 3.8) is 0 Å². The van der Waals surface area contributed by atoms with Gasteiger partial charge in [0.2, 0.25) is 5.91 Å². The summed E-state index contributed by atoms with van der Waals surface area (Å²) in [4.78, 5) is 23.8. The molecule has 0 aromatic heterocycles. The second-order valence-corrected chi connectivity index (χ2v) is 5.78. The highest BCUT2D eigenvalue weighted by Gasteiger charge is 2.12. The third-order valence-electron chi connectivity index (χ3n) is 4.01. The van der Waals surface area contributed by atoms with Crippen molar-refractivity contribution < 1.29 is 9.59 Å². The van der Waals surface area contributed by atoms with Gasteiger partial charge in [-0.3, -0.25) is 9.59 Å². The summed E-state index contributed by atoms with van der Waals surface area (Å²) in [6, 6.07) is 21.2. The molecule has 3 nitrogen and oxygen atoms in total. The molecule has 0 bridgehead atoms. The van der Waals surface area contributed by atoms with E-state index in [1.54, 1.807) is 0 Å². The van der Waals surface area contributed by atoms with Crippen molar-refractivity contribution in [1.82, 2.24) is 5.32 Å². The van der Waals surface area contributed by atoms with Crippen LogP contribution in [0.5, 0.6) is 0 Å². The van der Waals surface area contributed by atoms with Crippen molar-refractivity contribution in [3.8, 4) is 0 Å². The second kappa shape index (κ2) is 7.09. The summed E-state index contributed by atoms with van der Waals surface area (Å²) in [6.07, 6.45) is 0.690. The molecule has 0 aliphatic heterocycles. The first-order chi connectivity index (χ1) is 11.6. The number of carbonyl (C=O) groups is 2. The van der Waals surface area contributed by atoms with Crippen LogP contribution in [0.15, 0.2) is 66.7 Å². The van der Waals surface area contributed by atoms with Crippen molar-refractivity contribution in [2.45, 2.75) is 13.3 Å². The minimum absolute atomic E-state index is 0.0159. The van der Waals surface area contributed by atoms with E-state index in [4.69, 9.17) is 0 Å². The van der Waals surface area contributed by atoms with Crippen LogP contribution >= 0.6 is 0 Å². The largest absolute Gasteiger partial charge is 0.356 e. The predicted octanol–water partition coefficient (Wildman–Crippen LogP) is 3.75. The lowest BCUT2D eigenvalue weighted by molar-refractivity contribution is -0.118. The van der Waals surface area contributed by atoms with Crippen LogP contribution in [0, 0.1) is 0 Å². The van der Waals surface area contributed by atoms with Crippen molar-refractivity contribution in [1.29, 1.82) is 0 Å². The minimum Gasteiger partial charge on any atom is -0.356 e. The van der Waals surface area contributed by atoms with Gasteiger partial charge in [-0.25, -0.2) is 0 Å². The average molecular weight is 317 g/mol. The Labute approximate surface area is 141 Å². The molecule has 0 aliphatic carbocycles. The fraction of sp³-hybridized carbons (Fsp3) is 0.143. The molecular weight excluding hydrogens is 298 g/mol. The molecule has 0 fully saturated rings. The Morgan fingerprint density at radius 2 is 1.58 bits per heavy atom. The van der Waals surface area contributed by atoms with Crippen LogP contribution in [0.4, 0.5) is 0 Å². The summed E-state index contributed by atoms with van der Waals surface area (Å²) >= 11 is 0. The first kappa shape index (κ1) is 15.9. The topological polar surface area (TPSA) is 46.2 Å². The van der Waals surface area contributed by atoms with Crippen LogP contribution < -0.4 is 5.32 Å². The maximum absolute atomic E-state index is 12.8. The fourth-order valence-electron chi connectivity index (χ4n) is 2.86. The summed E-state index contributed by atoms with van der Waals surface area (Å²) in [5, 5.41) is 4.97. The Morgan fingerprint density at radius 3 is 2.33 bits per heavy atom. The van der Waals surface area contributed by atoms with Gasteiger partial charge in [-0.1, -0.05) is 54.6 Å². The zero-order valence-electron chi connectivity index (χ0n) is 13.6. The van der Waals surface area contributed by atoms with Gasteiger partial charge < -0.3 is 5.32 Å². The Balaban J connectivity index is 2.00. The molecule has 0 aliphatic rings. The van der Waals surface area contributed by atoms with Crippen LogP contribution in [0.3, 0.4) is 0 Å². The fourth-order valence-corrected chi connectivity index (χ4v) is 2.86. The lowest BCUT2D eigenvalue weighted by Crippen LogP contribution is -2.22. The average Bonchev–Trinajstić information content (AvgIpc) is 2.61. The first-order valence-corrected chi connectivity index (χ1v) is 8.01. The number of rotatable bonds is 5. The highest BCUT2D eigenvalue weighted by Crippen LogP contribution is 2.23. The van der Waals surface area contributed by atoms with E-state index in [9.17, 15) is 9.59 Å². The maximum Gasteiger partial charge on any atom is 0.216 e. The lowest BCUT2D eigenvalue weighted by Gasteiger charge is -2.10. The molecule has 3 aromatic carbocycles. The number of carbonyl (C=O) groups excluding carboxylic acids is 2. The van der Waals surface area contributed by atoms with Gasteiger partial charge in [-0.15, -0.1) is 0 Å². The Hall–Kier alpha value is -2.94. The van der Waals surface area contributed by atoms with Crippen LogP contribution in [0.25, 0.3) is 10.8 Å². The standard InChI is InChI=1S/C21H19NO2/c1-15(23)22-12-11-18-14-19(13-17-9-5-6-10-20(17)18)21(24)16-7-3-2-4-8-16/h2-10,13-14H,11-12H2,1H3,(H,22,23). The summed E-state index contributed by atoms with van der Waals surface area (Å²) in [5.74, 6) is -0.0297. The van der Waals surface area contributed by atoms with Crippen molar-refractivity contribution in [2.75, 3.05) is 6.54 Å². The van der Waals surface area contributed by atoms with Crippen LogP contribution in [-0.2, 0) is 11.2 Å². The molecule has 3 heteroatoms. The van der Waals surface area contributed by atoms with E-state index >= 15 is 0 Å². The van der Waals surface area contributed by atoms with E-state index in [0.717, 1.165) is 16.3 Å². The normalized spacial score (nSPS) is 10.5. The number of ketones is 1. The number of hydrogen-bond donors (Lipinski definition) is 1. The van der Waals surface area contributed by atoms with Gasteiger partial charge in [-0.05, 0) is 34.9 Å². The SMILES string of the molecule is CC(=O)NCCc1cc(C(=O)c2ccccc2)cc2ccccc12. The summed E-state index contributed by atoms with van der Waals surface area (Å²) in [6.45, 7) is 2.07.